The van der Waals surface area contributed by atoms with E-state index in [0.29, 0.717) is 6.54 Å². The third kappa shape index (κ3) is 2.60. The maximum absolute atomic E-state index is 5.41. The van der Waals surface area contributed by atoms with Crippen molar-refractivity contribution in [2.75, 3.05) is 13.7 Å². The molecule has 0 radical (unpaired) electrons. The van der Waals surface area contributed by atoms with Crippen LogP contribution in [0.15, 0.2) is 24.3 Å². The molecule has 1 rings (SSSR count). The van der Waals surface area contributed by atoms with Gasteiger partial charge in [0.15, 0.2) is 0 Å². The largest absolute Gasteiger partial charge is 0.496 e. The van der Waals surface area contributed by atoms with Crippen LogP contribution in [0, 0.1) is 0 Å². The monoisotopic (exact) mass is 191 g/mol. The van der Waals surface area contributed by atoms with Gasteiger partial charge in [-0.2, -0.15) is 0 Å². The van der Waals surface area contributed by atoms with Crippen molar-refractivity contribution in [1.29, 1.82) is 0 Å². The van der Waals surface area contributed by atoms with E-state index in [9.17, 15) is 0 Å². The number of methoxy groups -OCH3 is 1. The summed E-state index contributed by atoms with van der Waals surface area (Å²) in [4.78, 5) is 0. The van der Waals surface area contributed by atoms with Crippen molar-refractivity contribution >= 4 is 6.08 Å². The van der Waals surface area contributed by atoms with Crippen LogP contribution in [0.1, 0.15) is 18.1 Å². The molecule has 0 fully saturated rings. The maximum Gasteiger partial charge on any atom is 0.126 e. The van der Waals surface area contributed by atoms with Gasteiger partial charge in [0.05, 0.1) is 7.11 Å². The zero-order chi connectivity index (χ0) is 10.4. The number of hydrogen-bond acceptors (Lipinski definition) is 2. The van der Waals surface area contributed by atoms with Gasteiger partial charge < -0.3 is 10.5 Å². The molecule has 2 heteroatoms. The van der Waals surface area contributed by atoms with Crippen LogP contribution in [0.25, 0.3) is 6.08 Å². The molecular weight excluding hydrogens is 174 g/mol. The Bertz CT molecular complexity index is 318. The molecule has 0 spiro atoms. The summed E-state index contributed by atoms with van der Waals surface area (Å²) in [6.45, 7) is 2.69. The Labute approximate surface area is 85.4 Å². The first-order valence-electron chi connectivity index (χ1n) is 4.85. The first-order valence-corrected chi connectivity index (χ1v) is 4.85. The van der Waals surface area contributed by atoms with Crippen LogP contribution in [0.4, 0.5) is 0 Å². The molecule has 0 saturated carbocycles. The molecule has 0 atom stereocenters. The zero-order valence-corrected chi connectivity index (χ0v) is 8.79. The minimum atomic E-state index is 0.555. The topological polar surface area (TPSA) is 35.2 Å². The van der Waals surface area contributed by atoms with Crippen LogP contribution >= 0.6 is 0 Å². The number of rotatable bonds is 4. The van der Waals surface area contributed by atoms with Gasteiger partial charge in [0.2, 0.25) is 0 Å². The van der Waals surface area contributed by atoms with E-state index in [-0.39, 0.29) is 0 Å². The highest BCUT2D eigenvalue weighted by atomic mass is 16.5. The number of benzene rings is 1. The third-order valence-electron chi connectivity index (χ3n) is 2.14. The third-order valence-corrected chi connectivity index (χ3v) is 2.14. The Morgan fingerprint density at radius 2 is 2.21 bits per heavy atom. The van der Waals surface area contributed by atoms with Crippen LogP contribution < -0.4 is 10.5 Å². The van der Waals surface area contributed by atoms with Crippen LogP contribution in [0.5, 0.6) is 5.75 Å². The minimum Gasteiger partial charge on any atom is -0.496 e. The van der Waals surface area contributed by atoms with Crippen molar-refractivity contribution in [3.63, 3.8) is 0 Å². The van der Waals surface area contributed by atoms with Crippen LogP contribution in [-0.4, -0.2) is 13.7 Å². The van der Waals surface area contributed by atoms with Crippen molar-refractivity contribution in [2.24, 2.45) is 5.73 Å². The van der Waals surface area contributed by atoms with Gasteiger partial charge in [-0.3, -0.25) is 0 Å². The van der Waals surface area contributed by atoms with Crippen molar-refractivity contribution in [1.82, 2.24) is 0 Å². The summed E-state index contributed by atoms with van der Waals surface area (Å²) >= 11 is 0. The molecule has 0 aromatic heterocycles. The summed E-state index contributed by atoms with van der Waals surface area (Å²) in [6.07, 6.45) is 4.96. The number of ether oxygens (including phenoxy) is 1. The van der Waals surface area contributed by atoms with Gasteiger partial charge in [0.25, 0.3) is 0 Å². The smallest absolute Gasteiger partial charge is 0.126 e. The molecule has 0 aliphatic rings. The first-order chi connectivity index (χ1) is 6.81. The Kier molecular flexibility index (Phi) is 4.20. The van der Waals surface area contributed by atoms with E-state index in [1.165, 1.54) is 5.56 Å². The van der Waals surface area contributed by atoms with E-state index in [4.69, 9.17) is 10.5 Å². The van der Waals surface area contributed by atoms with Gasteiger partial charge in [-0.1, -0.05) is 25.1 Å². The van der Waals surface area contributed by atoms with E-state index < -0.39 is 0 Å². The summed E-state index contributed by atoms with van der Waals surface area (Å²) in [6, 6.07) is 6.21. The van der Waals surface area contributed by atoms with Gasteiger partial charge in [-0.25, -0.2) is 0 Å². The fraction of sp³-hybridized carbons (Fsp3) is 0.333. The quantitative estimate of drug-likeness (QED) is 0.792. The molecule has 0 amide bonds. The zero-order valence-electron chi connectivity index (χ0n) is 8.79. The molecule has 2 nitrogen and oxygen atoms in total. The fourth-order valence-corrected chi connectivity index (χ4v) is 1.33. The highest BCUT2D eigenvalue weighted by molar-refractivity contribution is 5.58. The minimum absolute atomic E-state index is 0.555. The summed E-state index contributed by atoms with van der Waals surface area (Å²) in [7, 11) is 1.68. The number of hydrogen-bond donors (Lipinski definition) is 1. The predicted molar refractivity (Wildman–Crippen MR) is 60.5 cm³/mol. The Hall–Kier alpha value is -1.28. The molecule has 0 aliphatic carbocycles. The van der Waals surface area contributed by atoms with Gasteiger partial charge in [-0.15, -0.1) is 0 Å². The lowest BCUT2D eigenvalue weighted by molar-refractivity contribution is 0.413. The summed E-state index contributed by atoms with van der Waals surface area (Å²) in [5, 5.41) is 0. The Morgan fingerprint density at radius 1 is 1.43 bits per heavy atom. The lowest BCUT2D eigenvalue weighted by atomic mass is 10.1. The van der Waals surface area contributed by atoms with E-state index in [1.54, 1.807) is 7.11 Å². The standard InChI is InChI=1S/C12H17NO/c1-3-10-6-7-12(14-2)11(9-10)5-4-8-13/h4-7,9H,3,8,13H2,1-2H3/b5-4+. The maximum atomic E-state index is 5.41. The lowest BCUT2D eigenvalue weighted by Crippen LogP contribution is -1.93. The molecule has 0 aliphatic heterocycles. The molecule has 1 aromatic rings. The average Bonchev–Trinajstić information content (AvgIpc) is 2.25. The normalized spacial score (nSPS) is 10.8. The summed E-state index contributed by atoms with van der Waals surface area (Å²) in [5.74, 6) is 0.895. The van der Waals surface area contributed by atoms with E-state index in [2.05, 4.69) is 19.1 Å². The average molecular weight is 191 g/mol. The SMILES string of the molecule is CCc1ccc(OC)c(/C=C/CN)c1. The fourth-order valence-electron chi connectivity index (χ4n) is 1.33. The van der Waals surface area contributed by atoms with Crippen molar-refractivity contribution < 1.29 is 4.74 Å². The summed E-state index contributed by atoms with van der Waals surface area (Å²) < 4.78 is 5.25. The molecule has 14 heavy (non-hydrogen) atoms. The molecule has 0 bridgehead atoms. The lowest BCUT2D eigenvalue weighted by Gasteiger charge is -2.06. The summed E-state index contributed by atoms with van der Waals surface area (Å²) in [5.41, 5.74) is 7.81. The molecule has 2 N–H and O–H groups in total. The Balaban J connectivity index is 3.02. The van der Waals surface area contributed by atoms with Gasteiger partial charge >= 0.3 is 0 Å². The van der Waals surface area contributed by atoms with Crippen LogP contribution in [0.2, 0.25) is 0 Å². The number of aryl methyl sites for hydroxylation is 1. The molecular formula is C12H17NO. The molecule has 0 heterocycles. The van der Waals surface area contributed by atoms with Gasteiger partial charge in [0, 0.05) is 12.1 Å². The predicted octanol–water partition coefficient (Wildman–Crippen LogP) is 2.23. The second kappa shape index (κ2) is 5.45. The van der Waals surface area contributed by atoms with Crippen molar-refractivity contribution in [3.05, 3.63) is 35.4 Å². The highest BCUT2D eigenvalue weighted by Gasteiger charge is 1.99. The van der Waals surface area contributed by atoms with Crippen LogP contribution in [0.3, 0.4) is 0 Å². The second-order valence-corrected chi connectivity index (χ2v) is 3.07. The molecule has 0 saturated heterocycles. The van der Waals surface area contributed by atoms with E-state index in [0.717, 1.165) is 17.7 Å². The molecule has 0 unspecified atom stereocenters. The van der Waals surface area contributed by atoms with Crippen LogP contribution in [-0.2, 0) is 6.42 Å². The molecule has 1 aromatic carbocycles. The first kappa shape index (κ1) is 10.8. The number of nitrogens with two attached hydrogens (primary N) is 1. The van der Waals surface area contributed by atoms with Gasteiger partial charge in [-0.05, 0) is 24.1 Å². The second-order valence-electron chi connectivity index (χ2n) is 3.07. The Morgan fingerprint density at radius 3 is 2.79 bits per heavy atom. The van der Waals surface area contributed by atoms with Crippen molar-refractivity contribution in [2.45, 2.75) is 13.3 Å². The van der Waals surface area contributed by atoms with E-state index in [1.807, 2.05) is 18.2 Å². The van der Waals surface area contributed by atoms with Crippen molar-refractivity contribution in [3.8, 4) is 5.75 Å². The van der Waals surface area contributed by atoms with Gasteiger partial charge in [0.1, 0.15) is 5.75 Å². The highest BCUT2D eigenvalue weighted by Crippen LogP contribution is 2.21. The van der Waals surface area contributed by atoms with E-state index >= 15 is 0 Å². The molecule has 76 valence electrons.